The van der Waals surface area contributed by atoms with Gasteiger partial charge >= 0.3 is 0 Å². The maximum absolute atomic E-state index is 9.12. The number of benzene rings is 1. The van der Waals surface area contributed by atoms with Crippen molar-refractivity contribution in [3.05, 3.63) is 59.9 Å². The van der Waals surface area contributed by atoms with Crippen molar-refractivity contribution in [1.82, 2.24) is 4.98 Å². The molecule has 0 aliphatic rings. The molecular formula is C13H12N4O. The van der Waals surface area contributed by atoms with Gasteiger partial charge in [0.15, 0.2) is 5.84 Å². The number of phenols is 1. The van der Waals surface area contributed by atoms with E-state index in [1.54, 1.807) is 48.8 Å². The van der Waals surface area contributed by atoms with Crippen molar-refractivity contribution in [2.45, 2.75) is 0 Å². The number of phenolic OH excluding ortho intramolecular Hbond substituents is 1. The zero-order valence-corrected chi connectivity index (χ0v) is 9.56. The minimum Gasteiger partial charge on any atom is -0.508 e. The van der Waals surface area contributed by atoms with Gasteiger partial charge in [-0.25, -0.2) is 0 Å². The van der Waals surface area contributed by atoms with Crippen LogP contribution >= 0.6 is 0 Å². The minimum atomic E-state index is 0.212. The summed E-state index contributed by atoms with van der Waals surface area (Å²) in [7, 11) is 0. The molecule has 5 heteroatoms. The molecule has 0 saturated carbocycles. The van der Waals surface area contributed by atoms with Crippen LogP contribution in [0.25, 0.3) is 0 Å². The van der Waals surface area contributed by atoms with Crippen LogP contribution in [0.3, 0.4) is 0 Å². The summed E-state index contributed by atoms with van der Waals surface area (Å²) < 4.78 is 0. The van der Waals surface area contributed by atoms with Crippen LogP contribution in [0, 0.1) is 0 Å². The Hall–Kier alpha value is -2.69. The molecule has 0 fully saturated rings. The molecule has 0 bridgehead atoms. The molecule has 0 aliphatic carbocycles. The fourth-order valence-corrected chi connectivity index (χ4v) is 1.28. The van der Waals surface area contributed by atoms with Gasteiger partial charge in [-0.05, 0) is 42.0 Å². The highest BCUT2D eigenvalue weighted by Crippen LogP contribution is 2.07. The molecule has 1 heterocycles. The summed E-state index contributed by atoms with van der Waals surface area (Å²) in [6.07, 6.45) is 3.19. The number of aromatic nitrogens is 1. The molecular weight excluding hydrogens is 228 g/mol. The van der Waals surface area contributed by atoms with Crippen LogP contribution in [-0.4, -0.2) is 22.1 Å². The standard InChI is InChI=1S/C13H12N4O/c14-13(12-3-1-2-8-15-12)17-16-9-10-4-6-11(18)7-5-10/h1-9,18H,(H2,14,17)/b16-9+. The highest BCUT2D eigenvalue weighted by molar-refractivity contribution is 5.95. The van der Waals surface area contributed by atoms with E-state index in [0.29, 0.717) is 5.69 Å². The quantitative estimate of drug-likeness (QED) is 0.484. The van der Waals surface area contributed by atoms with Crippen LogP contribution in [0.5, 0.6) is 5.75 Å². The number of nitrogens with two attached hydrogens (primary N) is 1. The van der Waals surface area contributed by atoms with Crippen molar-refractivity contribution >= 4 is 12.1 Å². The summed E-state index contributed by atoms with van der Waals surface area (Å²) >= 11 is 0. The third-order valence-corrected chi connectivity index (χ3v) is 2.19. The largest absolute Gasteiger partial charge is 0.508 e. The first kappa shape index (κ1) is 11.8. The summed E-state index contributed by atoms with van der Waals surface area (Å²) in [4.78, 5) is 4.05. The topological polar surface area (TPSA) is 83.9 Å². The number of nitrogens with zero attached hydrogens (tertiary/aromatic N) is 3. The maximum Gasteiger partial charge on any atom is 0.171 e. The van der Waals surface area contributed by atoms with E-state index >= 15 is 0 Å². The summed E-state index contributed by atoms with van der Waals surface area (Å²) in [6.45, 7) is 0. The van der Waals surface area contributed by atoms with Crippen molar-refractivity contribution < 1.29 is 5.11 Å². The molecule has 18 heavy (non-hydrogen) atoms. The zero-order chi connectivity index (χ0) is 12.8. The molecule has 2 rings (SSSR count). The van der Waals surface area contributed by atoms with Crippen LogP contribution in [0.15, 0.2) is 58.9 Å². The molecule has 0 unspecified atom stereocenters. The van der Waals surface area contributed by atoms with Crippen LogP contribution in [0.4, 0.5) is 0 Å². The van der Waals surface area contributed by atoms with E-state index in [0.717, 1.165) is 5.56 Å². The van der Waals surface area contributed by atoms with E-state index in [9.17, 15) is 0 Å². The first-order valence-electron chi connectivity index (χ1n) is 5.32. The van der Waals surface area contributed by atoms with E-state index in [2.05, 4.69) is 15.2 Å². The molecule has 0 spiro atoms. The SMILES string of the molecule is N/C(=N/N=C/c1ccc(O)cc1)c1ccccn1. The third kappa shape index (κ3) is 3.15. The number of rotatable bonds is 3. The third-order valence-electron chi connectivity index (χ3n) is 2.19. The molecule has 0 aliphatic heterocycles. The highest BCUT2D eigenvalue weighted by atomic mass is 16.3. The average Bonchev–Trinajstić information content (AvgIpc) is 2.42. The molecule has 0 atom stereocenters. The van der Waals surface area contributed by atoms with Gasteiger partial charge in [-0.2, -0.15) is 5.10 Å². The molecule has 5 nitrogen and oxygen atoms in total. The van der Waals surface area contributed by atoms with Gasteiger partial charge in [0, 0.05) is 6.20 Å². The number of pyridine rings is 1. The summed E-state index contributed by atoms with van der Waals surface area (Å²) in [5, 5.41) is 16.8. The van der Waals surface area contributed by atoms with Crippen molar-refractivity contribution in [1.29, 1.82) is 0 Å². The minimum absolute atomic E-state index is 0.212. The second-order valence-corrected chi connectivity index (χ2v) is 3.54. The Bertz CT molecular complexity index is 561. The lowest BCUT2D eigenvalue weighted by atomic mass is 10.2. The molecule has 0 radical (unpaired) electrons. The second-order valence-electron chi connectivity index (χ2n) is 3.54. The predicted octanol–water partition coefficient (Wildman–Crippen LogP) is 1.53. The van der Waals surface area contributed by atoms with Gasteiger partial charge in [0.25, 0.3) is 0 Å². The van der Waals surface area contributed by atoms with Gasteiger partial charge in [0.2, 0.25) is 0 Å². The fourth-order valence-electron chi connectivity index (χ4n) is 1.28. The van der Waals surface area contributed by atoms with Gasteiger partial charge in [0.1, 0.15) is 11.4 Å². The Kier molecular flexibility index (Phi) is 3.66. The summed E-state index contributed by atoms with van der Waals surface area (Å²) in [5.74, 6) is 0.467. The fraction of sp³-hybridized carbons (Fsp3) is 0. The Morgan fingerprint density at radius 2 is 1.94 bits per heavy atom. The molecule has 1 aromatic carbocycles. The van der Waals surface area contributed by atoms with Crippen LogP contribution in [0.1, 0.15) is 11.3 Å². The lowest BCUT2D eigenvalue weighted by molar-refractivity contribution is 0.475. The Labute approximate surface area is 104 Å². The Morgan fingerprint density at radius 3 is 2.61 bits per heavy atom. The molecule has 1 aromatic heterocycles. The van der Waals surface area contributed by atoms with Crippen molar-refractivity contribution in [2.24, 2.45) is 15.9 Å². The molecule has 90 valence electrons. The second kappa shape index (κ2) is 5.58. The van der Waals surface area contributed by atoms with E-state index in [-0.39, 0.29) is 11.6 Å². The number of hydrogen-bond acceptors (Lipinski definition) is 4. The lowest BCUT2D eigenvalue weighted by Gasteiger charge is -1.95. The van der Waals surface area contributed by atoms with Gasteiger partial charge in [-0.1, -0.05) is 6.07 Å². The summed E-state index contributed by atoms with van der Waals surface area (Å²) in [6, 6.07) is 12.0. The van der Waals surface area contributed by atoms with E-state index in [4.69, 9.17) is 10.8 Å². The van der Waals surface area contributed by atoms with Crippen LogP contribution in [0.2, 0.25) is 0 Å². The van der Waals surface area contributed by atoms with Gasteiger partial charge in [0.05, 0.1) is 6.21 Å². The van der Waals surface area contributed by atoms with Crippen molar-refractivity contribution in [3.63, 3.8) is 0 Å². The normalized spacial score (nSPS) is 11.9. The smallest absolute Gasteiger partial charge is 0.171 e. The first-order valence-corrected chi connectivity index (χ1v) is 5.32. The Morgan fingerprint density at radius 1 is 1.17 bits per heavy atom. The van der Waals surface area contributed by atoms with Gasteiger partial charge in [-0.15, -0.1) is 5.10 Å². The number of hydrogen-bond donors (Lipinski definition) is 2. The molecule has 0 amide bonds. The van der Waals surface area contributed by atoms with Crippen molar-refractivity contribution in [3.8, 4) is 5.75 Å². The van der Waals surface area contributed by atoms with Gasteiger partial charge in [-0.3, -0.25) is 4.98 Å². The average molecular weight is 240 g/mol. The van der Waals surface area contributed by atoms with E-state index in [1.165, 1.54) is 0 Å². The maximum atomic E-state index is 9.12. The monoisotopic (exact) mass is 240 g/mol. The van der Waals surface area contributed by atoms with Crippen LogP contribution in [-0.2, 0) is 0 Å². The van der Waals surface area contributed by atoms with Crippen LogP contribution < -0.4 is 5.73 Å². The summed E-state index contributed by atoms with van der Waals surface area (Å²) in [5.41, 5.74) is 7.13. The molecule has 3 N–H and O–H groups in total. The van der Waals surface area contributed by atoms with E-state index in [1.807, 2.05) is 6.07 Å². The zero-order valence-electron chi connectivity index (χ0n) is 9.56. The lowest BCUT2D eigenvalue weighted by Crippen LogP contribution is -2.14. The number of aromatic hydroxyl groups is 1. The highest BCUT2D eigenvalue weighted by Gasteiger charge is 1.96. The molecule has 0 saturated heterocycles. The molecule has 2 aromatic rings. The van der Waals surface area contributed by atoms with Gasteiger partial charge < -0.3 is 10.8 Å². The van der Waals surface area contributed by atoms with Crippen molar-refractivity contribution in [2.75, 3.05) is 0 Å². The van der Waals surface area contributed by atoms with E-state index < -0.39 is 0 Å². The number of amidine groups is 1. The predicted molar refractivity (Wildman–Crippen MR) is 70.7 cm³/mol. The Balaban J connectivity index is 2.08. The first-order chi connectivity index (χ1) is 8.75.